The average molecular weight is 464 g/mol. The Bertz CT molecular complexity index is 1180. The Hall–Kier alpha value is -3.47. The summed E-state index contributed by atoms with van der Waals surface area (Å²) in [4.78, 5) is 22.9. The van der Waals surface area contributed by atoms with E-state index in [2.05, 4.69) is 14.7 Å². The highest BCUT2D eigenvalue weighted by Gasteiger charge is 2.31. The number of aromatic nitrogens is 3. The van der Waals surface area contributed by atoms with Gasteiger partial charge in [-0.15, -0.1) is 13.2 Å². The summed E-state index contributed by atoms with van der Waals surface area (Å²) in [7, 11) is 0. The van der Waals surface area contributed by atoms with Crippen LogP contribution in [0.4, 0.5) is 23.5 Å². The summed E-state index contributed by atoms with van der Waals surface area (Å²) in [5, 5.41) is 0. The van der Waals surface area contributed by atoms with Crippen LogP contribution in [-0.2, 0) is 11.3 Å². The van der Waals surface area contributed by atoms with Crippen molar-refractivity contribution in [3.8, 4) is 17.0 Å². The third-order valence-electron chi connectivity index (χ3n) is 5.19. The molecule has 1 aliphatic rings. The Balaban J connectivity index is 1.62. The van der Waals surface area contributed by atoms with Crippen LogP contribution in [0.2, 0.25) is 0 Å². The highest BCUT2D eigenvalue weighted by atomic mass is 19.4. The predicted octanol–water partition coefficient (Wildman–Crippen LogP) is 3.94. The van der Waals surface area contributed by atoms with Crippen LogP contribution in [0.5, 0.6) is 5.75 Å². The molecule has 0 bridgehead atoms. The topological polar surface area (TPSA) is 69.5 Å². The summed E-state index contributed by atoms with van der Waals surface area (Å²) >= 11 is 0. The predicted molar refractivity (Wildman–Crippen MR) is 111 cm³/mol. The Morgan fingerprint density at radius 3 is 2.64 bits per heavy atom. The zero-order valence-electron chi connectivity index (χ0n) is 17.6. The minimum absolute atomic E-state index is 0.164. The van der Waals surface area contributed by atoms with Gasteiger partial charge in [-0.1, -0.05) is 12.1 Å². The Kier molecular flexibility index (Phi) is 6.32. The molecular formula is C22H20F4N4O3. The van der Waals surface area contributed by atoms with Gasteiger partial charge in [0.05, 0.1) is 25.0 Å². The normalized spacial score (nSPS) is 16.6. The second-order valence-electron chi connectivity index (χ2n) is 7.30. The van der Waals surface area contributed by atoms with E-state index in [1.807, 2.05) is 4.90 Å². The molecule has 3 aromatic rings. The monoisotopic (exact) mass is 464 g/mol. The number of hydrogen-bond donors (Lipinski definition) is 0. The quantitative estimate of drug-likeness (QED) is 0.533. The van der Waals surface area contributed by atoms with Gasteiger partial charge in [-0.3, -0.25) is 14.3 Å². The van der Waals surface area contributed by atoms with Crippen molar-refractivity contribution in [1.82, 2.24) is 14.5 Å². The van der Waals surface area contributed by atoms with Crippen LogP contribution in [0.15, 0.2) is 53.6 Å². The summed E-state index contributed by atoms with van der Waals surface area (Å²) in [6, 6.07) is 8.17. The van der Waals surface area contributed by atoms with Gasteiger partial charge in [0, 0.05) is 30.9 Å². The van der Waals surface area contributed by atoms with Crippen LogP contribution in [0.1, 0.15) is 18.6 Å². The Morgan fingerprint density at radius 2 is 1.97 bits per heavy atom. The van der Waals surface area contributed by atoms with Gasteiger partial charge in [-0.05, 0) is 30.7 Å². The summed E-state index contributed by atoms with van der Waals surface area (Å²) in [5.41, 5.74) is 0.675. The molecule has 4 rings (SSSR count). The largest absolute Gasteiger partial charge is 0.573 e. The van der Waals surface area contributed by atoms with Crippen LogP contribution < -0.4 is 15.2 Å². The number of alkyl halides is 3. The molecule has 0 radical (unpaired) electrons. The van der Waals surface area contributed by atoms with Gasteiger partial charge >= 0.3 is 6.36 Å². The van der Waals surface area contributed by atoms with E-state index >= 15 is 0 Å². The van der Waals surface area contributed by atoms with E-state index in [1.165, 1.54) is 47.2 Å². The molecular weight excluding hydrogens is 444 g/mol. The number of rotatable bonds is 5. The molecule has 1 aliphatic heterocycles. The molecule has 11 heteroatoms. The average Bonchev–Trinajstić information content (AvgIpc) is 2.78. The Labute approximate surface area is 186 Å². The van der Waals surface area contributed by atoms with Crippen LogP contribution in [0.25, 0.3) is 11.3 Å². The molecule has 0 aliphatic carbocycles. The first kappa shape index (κ1) is 22.7. The molecule has 3 heterocycles. The molecule has 1 aromatic carbocycles. The van der Waals surface area contributed by atoms with Crippen molar-refractivity contribution in [3.05, 3.63) is 70.5 Å². The van der Waals surface area contributed by atoms with Gasteiger partial charge in [-0.2, -0.15) is 0 Å². The summed E-state index contributed by atoms with van der Waals surface area (Å²) < 4.78 is 62.7. The van der Waals surface area contributed by atoms with E-state index in [4.69, 9.17) is 4.74 Å². The molecule has 0 unspecified atom stereocenters. The zero-order valence-corrected chi connectivity index (χ0v) is 17.6. The standard InChI is InChI=1S/C22H20F4N4O3/c1-2-30-20(31)11-18(16-7-8-27-12-17(16)23)28-21(30)29-9-10-32-19(13-29)14-3-5-15(6-4-14)33-22(24,25)26/h3-8,11-12,19H,2,9-10,13H2,1H3/t19-/m1/s1. The van der Waals surface area contributed by atoms with Gasteiger partial charge in [0.15, 0.2) is 5.82 Å². The summed E-state index contributed by atoms with van der Waals surface area (Å²) in [6.45, 7) is 3.19. The Morgan fingerprint density at radius 1 is 1.21 bits per heavy atom. The number of benzene rings is 1. The smallest absolute Gasteiger partial charge is 0.406 e. The maximum atomic E-state index is 14.3. The molecule has 0 spiro atoms. The van der Waals surface area contributed by atoms with Crippen molar-refractivity contribution in [2.75, 3.05) is 24.6 Å². The third kappa shape index (κ3) is 5.14. The van der Waals surface area contributed by atoms with Crippen molar-refractivity contribution in [1.29, 1.82) is 0 Å². The number of pyridine rings is 1. The van der Waals surface area contributed by atoms with Crippen LogP contribution in [0.3, 0.4) is 0 Å². The van der Waals surface area contributed by atoms with Crippen molar-refractivity contribution in [2.45, 2.75) is 25.9 Å². The van der Waals surface area contributed by atoms with E-state index in [-0.39, 0.29) is 22.6 Å². The number of hydrogen-bond acceptors (Lipinski definition) is 6. The number of anilines is 1. The van der Waals surface area contributed by atoms with E-state index in [0.717, 1.165) is 6.20 Å². The van der Waals surface area contributed by atoms with Crippen molar-refractivity contribution in [3.63, 3.8) is 0 Å². The number of halogens is 4. The van der Waals surface area contributed by atoms with Crippen LogP contribution >= 0.6 is 0 Å². The maximum Gasteiger partial charge on any atom is 0.573 e. The van der Waals surface area contributed by atoms with E-state index in [9.17, 15) is 22.4 Å². The van der Waals surface area contributed by atoms with Crippen molar-refractivity contribution in [2.24, 2.45) is 0 Å². The van der Waals surface area contributed by atoms with E-state index in [0.29, 0.717) is 37.8 Å². The minimum Gasteiger partial charge on any atom is -0.406 e. The van der Waals surface area contributed by atoms with Crippen molar-refractivity contribution < 1.29 is 27.0 Å². The highest BCUT2D eigenvalue weighted by Crippen LogP contribution is 2.29. The number of nitrogens with zero attached hydrogens (tertiary/aromatic N) is 4. The first-order chi connectivity index (χ1) is 15.7. The van der Waals surface area contributed by atoms with Crippen LogP contribution in [-0.4, -0.2) is 40.6 Å². The zero-order chi connectivity index (χ0) is 23.6. The fraction of sp³-hybridized carbons (Fsp3) is 0.318. The fourth-order valence-electron chi connectivity index (χ4n) is 3.67. The minimum atomic E-state index is -4.77. The molecule has 0 saturated carbocycles. The number of ether oxygens (including phenoxy) is 2. The SMILES string of the molecule is CCn1c(N2CCO[C@@H](c3ccc(OC(F)(F)F)cc3)C2)nc(-c2ccncc2F)cc1=O. The van der Waals surface area contributed by atoms with Gasteiger partial charge in [0.2, 0.25) is 5.95 Å². The first-order valence-electron chi connectivity index (χ1n) is 10.2. The van der Waals surface area contributed by atoms with Gasteiger partial charge in [0.1, 0.15) is 11.9 Å². The van der Waals surface area contributed by atoms with E-state index in [1.54, 1.807) is 6.92 Å². The summed E-state index contributed by atoms with van der Waals surface area (Å²) in [6.07, 6.45) is -2.77. The molecule has 33 heavy (non-hydrogen) atoms. The molecule has 2 aromatic heterocycles. The maximum absolute atomic E-state index is 14.3. The lowest BCUT2D eigenvalue weighted by Crippen LogP contribution is -2.42. The van der Waals surface area contributed by atoms with Crippen LogP contribution in [0, 0.1) is 5.82 Å². The summed E-state index contributed by atoms with van der Waals surface area (Å²) in [5.74, 6) is -0.556. The lowest BCUT2D eigenvalue weighted by molar-refractivity contribution is -0.274. The van der Waals surface area contributed by atoms with E-state index < -0.39 is 18.3 Å². The lowest BCUT2D eigenvalue weighted by Gasteiger charge is -2.35. The van der Waals surface area contributed by atoms with Crippen molar-refractivity contribution >= 4 is 5.95 Å². The molecule has 0 amide bonds. The highest BCUT2D eigenvalue weighted by molar-refractivity contribution is 5.60. The lowest BCUT2D eigenvalue weighted by atomic mass is 10.1. The van der Waals surface area contributed by atoms with Gasteiger partial charge < -0.3 is 14.4 Å². The molecule has 0 N–H and O–H groups in total. The molecule has 1 atom stereocenters. The van der Waals surface area contributed by atoms with Gasteiger partial charge in [0.25, 0.3) is 5.56 Å². The van der Waals surface area contributed by atoms with Gasteiger partial charge in [-0.25, -0.2) is 9.37 Å². The third-order valence-corrected chi connectivity index (χ3v) is 5.19. The molecule has 1 fully saturated rings. The second kappa shape index (κ2) is 9.18. The fourth-order valence-corrected chi connectivity index (χ4v) is 3.67. The molecule has 1 saturated heterocycles. The first-order valence-corrected chi connectivity index (χ1v) is 10.2. The molecule has 7 nitrogen and oxygen atoms in total. The second-order valence-corrected chi connectivity index (χ2v) is 7.30. The number of morpholine rings is 1. The molecule has 174 valence electrons.